The Hall–Kier alpha value is -3.36. The second kappa shape index (κ2) is 6.42. The molecule has 0 aliphatic rings. The molecular weight excluding hydrogens is 359 g/mol. The van der Waals surface area contributed by atoms with Crippen LogP contribution in [-0.2, 0) is 12.6 Å². The largest absolute Gasteiger partial charge is 0.449 e. The fourth-order valence-electron chi connectivity index (χ4n) is 2.81. The maximum absolute atomic E-state index is 12.7. The molecule has 0 saturated heterocycles. The summed E-state index contributed by atoms with van der Waals surface area (Å²) in [5, 5.41) is 2.74. The SMILES string of the molecule is O=C(NCCc1nc2ccccc2[nH]1)c1ccc2nc(C(F)(F)F)[nH]c2c1. The van der Waals surface area contributed by atoms with Gasteiger partial charge in [0.2, 0.25) is 5.82 Å². The number of carbonyl (C=O) groups excluding carboxylic acids is 1. The second-order valence-corrected chi connectivity index (χ2v) is 6.02. The molecule has 0 fully saturated rings. The maximum Gasteiger partial charge on any atom is 0.449 e. The molecule has 0 radical (unpaired) electrons. The normalized spacial score (nSPS) is 12.0. The van der Waals surface area contributed by atoms with Crippen molar-refractivity contribution in [3.8, 4) is 0 Å². The van der Waals surface area contributed by atoms with E-state index in [1.165, 1.54) is 18.2 Å². The first kappa shape index (κ1) is 17.1. The monoisotopic (exact) mass is 373 g/mol. The highest BCUT2D eigenvalue weighted by Crippen LogP contribution is 2.28. The molecule has 4 aromatic rings. The number of imidazole rings is 2. The maximum atomic E-state index is 12.7. The summed E-state index contributed by atoms with van der Waals surface area (Å²) in [6.45, 7) is 0.341. The van der Waals surface area contributed by atoms with Gasteiger partial charge in [0.1, 0.15) is 5.82 Å². The van der Waals surface area contributed by atoms with E-state index < -0.39 is 12.0 Å². The molecule has 138 valence electrons. The van der Waals surface area contributed by atoms with Crippen LogP contribution in [0, 0.1) is 0 Å². The fraction of sp³-hybridized carbons (Fsp3) is 0.167. The van der Waals surface area contributed by atoms with Crippen LogP contribution in [0.1, 0.15) is 22.0 Å². The highest BCUT2D eigenvalue weighted by molar-refractivity contribution is 5.97. The van der Waals surface area contributed by atoms with E-state index in [1.807, 2.05) is 24.3 Å². The minimum Gasteiger partial charge on any atom is -0.352 e. The van der Waals surface area contributed by atoms with Crippen LogP contribution in [0.3, 0.4) is 0 Å². The molecule has 3 N–H and O–H groups in total. The number of hydrogen-bond acceptors (Lipinski definition) is 3. The number of benzene rings is 2. The van der Waals surface area contributed by atoms with Gasteiger partial charge in [0, 0.05) is 18.5 Å². The molecule has 6 nitrogen and oxygen atoms in total. The van der Waals surface area contributed by atoms with Gasteiger partial charge < -0.3 is 15.3 Å². The van der Waals surface area contributed by atoms with Crippen LogP contribution in [0.25, 0.3) is 22.1 Å². The quantitative estimate of drug-likeness (QED) is 0.512. The van der Waals surface area contributed by atoms with Crippen molar-refractivity contribution in [1.82, 2.24) is 25.3 Å². The summed E-state index contributed by atoms with van der Waals surface area (Å²) in [5.74, 6) is -0.716. The minimum atomic E-state index is -4.56. The van der Waals surface area contributed by atoms with Crippen LogP contribution >= 0.6 is 0 Å². The van der Waals surface area contributed by atoms with Crippen LogP contribution in [0.4, 0.5) is 13.2 Å². The number of fused-ring (bicyclic) bond motifs is 2. The smallest absolute Gasteiger partial charge is 0.352 e. The zero-order valence-electron chi connectivity index (χ0n) is 13.9. The number of aromatic amines is 2. The first-order valence-corrected chi connectivity index (χ1v) is 8.19. The minimum absolute atomic E-state index is 0.154. The number of nitrogens with zero attached hydrogens (tertiary/aromatic N) is 2. The lowest BCUT2D eigenvalue weighted by Crippen LogP contribution is -2.25. The molecule has 2 aromatic heterocycles. The van der Waals surface area contributed by atoms with Crippen LogP contribution < -0.4 is 5.32 Å². The molecule has 0 atom stereocenters. The average Bonchev–Trinajstić information content (AvgIpc) is 3.24. The van der Waals surface area contributed by atoms with Gasteiger partial charge in [0.25, 0.3) is 5.91 Å². The van der Waals surface area contributed by atoms with Gasteiger partial charge in [-0.05, 0) is 30.3 Å². The Balaban J connectivity index is 1.43. The fourth-order valence-corrected chi connectivity index (χ4v) is 2.81. The molecule has 1 amide bonds. The number of alkyl halides is 3. The molecular formula is C18H14F3N5O. The van der Waals surface area contributed by atoms with Gasteiger partial charge in [-0.2, -0.15) is 13.2 Å². The van der Waals surface area contributed by atoms with Crippen LogP contribution in [0.15, 0.2) is 42.5 Å². The molecule has 2 heterocycles. The van der Waals surface area contributed by atoms with E-state index in [9.17, 15) is 18.0 Å². The van der Waals surface area contributed by atoms with Crippen molar-refractivity contribution >= 4 is 28.0 Å². The first-order chi connectivity index (χ1) is 12.9. The van der Waals surface area contributed by atoms with Crippen molar-refractivity contribution in [3.63, 3.8) is 0 Å². The standard InChI is InChI=1S/C18H14F3N5O/c19-18(20,21)17-25-13-6-5-10(9-14(13)26-17)16(27)22-8-7-15-23-11-3-1-2-4-12(11)24-15/h1-6,9H,7-8H2,(H,22,27)(H,23,24)(H,25,26). The molecule has 0 aliphatic heterocycles. The Bertz CT molecular complexity index is 1100. The summed E-state index contributed by atoms with van der Waals surface area (Å²) in [7, 11) is 0. The predicted molar refractivity (Wildman–Crippen MR) is 93.2 cm³/mol. The van der Waals surface area contributed by atoms with Crippen LogP contribution in [0.5, 0.6) is 0 Å². The summed E-state index contributed by atoms with van der Waals surface area (Å²) < 4.78 is 38.1. The highest BCUT2D eigenvalue weighted by atomic mass is 19.4. The van der Waals surface area contributed by atoms with E-state index in [0.29, 0.717) is 13.0 Å². The van der Waals surface area contributed by atoms with Crippen molar-refractivity contribution in [1.29, 1.82) is 0 Å². The van der Waals surface area contributed by atoms with E-state index in [0.717, 1.165) is 16.9 Å². The molecule has 0 saturated carbocycles. The second-order valence-electron chi connectivity index (χ2n) is 6.02. The number of halogens is 3. The van der Waals surface area contributed by atoms with E-state index in [-0.39, 0.29) is 22.5 Å². The van der Waals surface area contributed by atoms with Gasteiger partial charge in [-0.3, -0.25) is 4.79 Å². The Morgan fingerprint density at radius 2 is 1.78 bits per heavy atom. The average molecular weight is 373 g/mol. The third-order valence-electron chi connectivity index (χ3n) is 4.10. The third-order valence-corrected chi connectivity index (χ3v) is 4.10. The van der Waals surface area contributed by atoms with Gasteiger partial charge in [-0.15, -0.1) is 0 Å². The molecule has 0 bridgehead atoms. The van der Waals surface area contributed by atoms with E-state index in [4.69, 9.17) is 0 Å². The lowest BCUT2D eigenvalue weighted by Gasteiger charge is -2.04. The van der Waals surface area contributed by atoms with Crippen molar-refractivity contribution < 1.29 is 18.0 Å². The molecule has 0 aliphatic carbocycles. The molecule has 2 aromatic carbocycles. The van der Waals surface area contributed by atoms with Crippen molar-refractivity contribution in [3.05, 3.63) is 59.7 Å². The van der Waals surface area contributed by atoms with Gasteiger partial charge >= 0.3 is 6.18 Å². The van der Waals surface area contributed by atoms with Crippen LogP contribution in [0.2, 0.25) is 0 Å². The molecule has 9 heteroatoms. The number of nitrogens with one attached hydrogen (secondary N) is 3. The number of amides is 1. The topological polar surface area (TPSA) is 86.5 Å². The molecule has 0 unspecified atom stereocenters. The first-order valence-electron chi connectivity index (χ1n) is 8.19. The lowest BCUT2D eigenvalue weighted by molar-refractivity contribution is -0.144. The predicted octanol–water partition coefficient (Wildman–Crippen LogP) is 3.43. The van der Waals surface area contributed by atoms with Gasteiger partial charge in [0.05, 0.1) is 22.1 Å². The van der Waals surface area contributed by atoms with Crippen molar-refractivity contribution in [2.45, 2.75) is 12.6 Å². The van der Waals surface area contributed by atoms with Gasteiger partial charge in [-0.1, -0.05) is 12.1 Å². The molecule has 4 rings (SSSR count). The lowest BCUT2D eigenvalue weighted by atomic mass is 10.2. The summed E-state index contributed by atoms with van der Waals surface area (Å²) in [6, 6.07) is 11.8. The number of para-hydroxylation sites is 2. The number of hydrogen-bond donors (Lipinski definition) is 3. The highest BCUT2D eigenvalue weighted by Gasteiger charge is 2.34. The zero-order valence-corrected chi connectivity index (χ0v) is 13.9. The van der Waals surface area contributed by atoms with E-state index in [2.05, 4.69) is 25.3 Å². The van der Waals surface area contributed by atoms with Crippen LogP contribution in [-0.4, -0.2) is 32.4 Å². The number of H-pyrrole nitrogens is 2. The number of carbonyl (C=O) groups is 1. The summed E-state index contributed by atoms with van der Waals surface area (Å²) in [5.41, 5.74) is 2.34. The number of rotatable bonds is 4. The Kier molecular flexibility index (Phi) is 4.06. The summed E-state index contributed by atoms with van der Waals surface area (Å²) in [4.78, 5) is 25.5. The van der Waals surface area contributed by atoms with E-state index in [1.54, 1.807) is 0 Å². The van der Waals surface area contributed by atoms with Gasteiger partial charge in [0.15, 0.2) is 0 Å². The Morgan fingerprint density at radius 1 is 1.00 bits per heavy atom. The summed E-state index contributed by atoms with van der Waals surface area (Å²) in [6.07, 6.45) is -4.06. The molecule has 0 spiro atoms. The Labute approximate surface area is 150 Å². The molecule has 27 heavy (non-hydrogen) atoms. The van der Waals surface area contributed by atoms with E-state index >= 15 is 0 Å². The summed E-state index contributed by atoms with van der Waals surface area (Å²) >= 11 is 0. The Morgan fingerprint density at radius 3 is 2.56 bits per heavy atom. The van der Waals surface area contributed by atoms with Gasteiger partial charge in [-0.25, -0.2) is 9.97 Å². The number of aromatic nitrogens is 4. The zero-order chi connectivity index (χ0) is 19.0. The van der Waals surface area contributed by atoms with Crippen molar-refractivity contribution in [2.75, 3.05) is 6.54 Å². The van der Waals surface area contributed by atoms with Crippen molar-refractivity contribution in [2.24, 2.45) is 0 Å². The third kappa shape index (κ3) is 3.48.